The molecule has 0 aromatic heterocycles. The number of ether oxygens (including phenoxy) is 1. The SMILES string of the molecule is COC(=O)C1(c2ccc(S(=O)(=O)NCC3=CCNCC3)cc2)CC1.Cl. The Kier molecular flexibility index (Phi) is 6.26. The molecule has 0 unspecified atom stereocenters. The summed E-state index contributed by atoms with van der Waals surface area (Å²) in [6.45, 7) is 1.98. The molecule has 0 bridgehead atoms. The van der Waals surface area contributed by atoms with E-state index >= 15 is 0 Å². The topological polar surface area (TPSA) is 84.5 Å². The third-order valence-electron chi connectivity index (χ3n) is 4.69. The van der Waals surface area contributed by atoms with Crippen molar-refractivity contribution < 1.29 is 17.9 Å². The van der Waals surface area contributed by atoms with E-state index in [9.17, 15) is 13.2 Å². The molecule has 1 fully saturated rings. The molecule has 1 aromatic carbocycles. The van der Waals surface area contributed by atoms with E-state index in [1.807, 2.05) is 6.08 Å². The molecular formula is C17H23ClN2O4S. The molecule has 1 aromatic rings. The van der Waals surface area contributed by atoms with Crippen LogP contribution in [0.25, 0.3) is 0 Å². The Labute approximate surface area is 154 Å². The van der Waals surface area contributed by atoms with Crippen molar-refractivity contribution in [2.75, 3.05) is 26.7 Å². The van der Waals surface area contributed by atoms with Gasteiger partial charge in [0, 0.05) is 13.1 Å². The monoisotopic (exact) mass is 386 g/mol. The molecule has 8 heteroatoms. The third kappa shape index (κ3) is 4.23. The molecule has 6 nitrogen and oxygen atoms in total. The highest BCUT2D eigenvalue weighted by atomic mass is 35.5. The molecule has 1 aliphatic heterocycles. The lowest BCUT2D eigenvalue weighted by Gasteiger charge is -2.16. The number of nitrogens with one attached hydrogen (secondary N) is 2. The number of carbonyl (C=O) groups is 1. The van der Waals surface area contributed by atoms with Gasteiger partial charge in [-0.1, -0.05) is 23.8 Å². The van der Waals surface area contributed by atoms with Crippen LogP contribution in [-0.4, -0.2) is 41.1 Å². The second-order valence-electron chi connectivity index (χ2n) is 6.24. The molecule has 0 atom stereocenters. The minimum absolute atomic E-state index is 0. The molecule has 25 heavy (non-hydrogen) atoms. The van der Waals surface area contributed by atoms with Gasteiger partial charge in [0.2, 0.25) is 10.0 Å². The summed E-state index contributed by atoms with van der Waals surface area (Å²) in [4.78, 5) is 12.1. The Morgan fingerprint density at radius 3 is 2.48 bits per heavy atom. The molecule has 3 rings (SSSR count). The molecule has 0 amide bonds. The first-order valence-corrected chi connectivity index (χ1v) is 9.53. The maximum absolute atomic E-state index is 12.4. The number of sulfonamides is 1. The van der Waals surface area contributed by atoms with Crippen LogP contribution >= 0.6 is 12.4 Å². The van der Waals surface area contributed by atoms with Crippen molar-refractivity contribution in [3.63, 3.8) is 0 Å². The van der Waals surface area contributed by atoms with Gasteiger partial charge in [-0.2, -0.15) is 0 Å². The van der Waals surface area contributed by atoms with Crippen LogP contribution in [0, 0.1) is 0 Å². The van der Waals surface area contributed by atoms with Crippen molar-refractivity contribution in [3.05, 3.63) is 41.5 Å². The molecule has 1 aliphatic carbocycles. The van der Waals surface area contributed by atoms with Crippen molar-refractivity contribution >= 4 is 28.4 Å². The lowest BCUT2D eigenvalue weighted by molar-refractivity contribution is -0.143. The van der Waals surface area contributed by atoms with Crippen molar-refractivity contribution in [2.45, 2.75) is 29.6 Å². The lowest BCUT2D eigenvalue weighted by atomic mass is 9.96. The van der Waals surface area contributed by atoms with Crippen molar-refractivity contribution in [1.29, 1.82) is 0 Å². The van der Waals surface area contributed by atoms with Crippen LogP contribution in [0.3, 0.4) is 0 Å². The normalized spacial score (nSPS) is 18.7. The van der Waals surface area contributed by atoms with E-state index < -0.39 is 15.4 Å². The highest BCUT2D eigenvalue weighted by Crippen LogP contribution is 2.49. The smallest absolute Gasteiger partial charge is 0.316 e. The Morgan fingerprint density at radius 1 is 1.28 bits per heavy atom. The molecule has 0 spiro atoms. The number of methoxy groups -OCH3 is 1. The quantitative estimate of drug-likeness (QED) is 0.572. The van der Waals surface area contributed by atoms with E-state index in [-0.39, 0.29) is 23.3 Å². The number of hydrogen-bond acceptors (Lipinski definition) is 5. The Morgan fingerprint density at radius 2 is 1.96 bits per heavy atom. The predicted octanol–water partition coefficient (Wildman–Crippen LogP) is 1.51. The highest BCUT2D eigenvalue weighted by Gasteiger charge is 2.52. The highest BCUT2D eigenvalue weighted by molar-refractivity contribution is 7.89. The van der Waals surface area contributed by atoms with E-state index in [4.69, 9.17) is 4.74 Å². The standard InChI is InChI=1S/C17H22N2O4S.ClH/c1-23-16(20)17(8-9-17)14-2-4-15(5-3-14)24(21,22)19-12-13-6-10-18-11-7-13;/h2-6,18-19H,7-12H2,1H3;1H. The summed E-state index contributed by atoms with van der Waals surface area (Å²) in [5.41, 5.74) is 1.33. The molecule has 2 N–H and O–H groups in total. The second-order valence-corrected chi connectivity index (χ2v) is 8.01. The van der Waals surface area contributed by atoms with Gasteiger partial charge in [0.15, 0.2) is 0 Å². The number of halogens is 1. The Hall–Kier alpha value is -1.41. The summed E-state index contributed by atoms with van der Waals surface area (Å²) in [6, 6.07) is 6.53. The van der Waals surface area contributed by atoms with Gasteiger partial charge in [-0.25, -0.2) is 13.1 Å². The van der Waals surface area contributed by atoms with Gasteiger partial charge >= 0.3 is 5.97 Å². The average Bonchev–Trinajstić information content (AvgIpc) is 3.42. The molecule has 0 saturated heterocycles. The third-order valence-corrected chi connectivity index (χ3v) is 6.11. The predicted molar refractivity (Wildman–Crippen MR) is 97.4 cm³/mol. The van der Waals surface area contributed by atoms with Crippen LogP contribution in [0.15, 0.2) is 40.8 Å². The fraction of sp³-hybridized carbons (Fsp3) is 0.471. The van der Waals surface area contributed by atoms with Crippen molar-refractivity contribution in [2.24, 2.45) is 0 Å². The Bertz CT molecular complexity index is 755. The van der Waals surface area contributed by atoms with Crippen LogP contribution in [-0.2, 0) is 25.0 Å². The van der Waals surface area contributed by atoms with Gasteiger partial charge in [-0.3, -0.25) is 4.79 Å². The first-order chi connectivity index (χ1) is 11.5. The largest absolute Gasteiger partial charge is 0.468 e. The van der Waals surface area contributed by atoms with Crippen LogP contribution in [0.4, 0.5) is 0 Å². The van der Waals surface area contributed by atoms with E-state index in [0.717, 1.165) is 43.5 Å². The minimum Gasteiger partial charge on any atom is -0.468 e. The average molecular weight is 387 g/mol. The minimum atomic E-state index is -3.55. The summed E-state index contributed by atoms with van der Waals surface area (Å²) in [5, 5.41) is 3.19. The van der Waals surface area contributed by atoms with Gasteiger partial charge < -0.3 is 10.1 Å². The van der Waals surface area contributed by atoms with Gasteiger partial charge in [0.1, 0.15) is 0 Å². The summed E-state index contributed by atoms with van der Waals surface area (Å²) in [7, 11) is -2.18. The molecule has 138 valence electrons. The van der Waals surface area contributed by atoms with Gasteiger partial charge in [-0.15, -0.1) is 12.4 Å². The van der Waals surface area contributed by atoms with Gasteiger partial charge in [-0.05, 0) is 43.5 Å². The van der Waals surface area contributed by atoms with E-state index in [1.165, 1.54) is 7.11 Å². The molecule has 2 aliphatic rings. The molecule has 1 heterocycles. The summed E-state index contributed by atoms with van der Waals surface area (Å²) < 4.78 is 32.3. The maximum Gasteiger partial charge on any atom is 0.316 e. The van der Waals surface area contributed by atoms with E-state index in [0.29, 0.717) is 6.54 Å². The fourth-order valence-corrected chi connectivity index (χ4v) is 4.02. The molecule has 1 saturated carbocycles. The lowest BCUT2D eigenvalue weighted by Crippen LogP contribution is -2.29. The van der Waals surface area contributed by atoms with Crippen LogP contribution in [0.2, 0.25) is 0 Å². The van der Waals surface area contributed by atoms with Crippen LogP contribution in [0.5, 0.6) is 0 Å². The molecular weight excluding hydrogens is 364 g/mol. The first-order valence-electron chi connectivity index (χ1n) is 8.05. The van der Waals surface area contributed by atoms with Crippen molar-refractivity contribution in [1.82, 2.24) is 10.0 Å². The second kappa shape index (κ2) is 7.86. The number of carbonyl (C=O) groups excluding carboxylic acids is 1. The van der Waals surface area contributed by atoms with Crippen molar-refractivity contribution in [3.8, 4) is 0 Å². The van der Waals surface area contributed by atoms with E-state index in [2.05, 4.69) is 10.0 Å². The van der Waals surface area contributed by atoms with Crippen LogP contribution < -0.4 is 10.0 Å². The van der Waals surface area contributed by atoms with Gasteiger partial charge in [0.25, 0.3) is 0 Å². The maximum atomic E-state index is 12.4. The number of benzene rings is 1. The summed E-state index contributed by atoms with van der Waals surface area (Å²) in [5.74, 6) is -0.255. The van der Waals surface area contributed by atoms with E-state index in [1.54, 1.807) is 24.3 Å². The Balaban J connectivity index is 0.00000225. The zero-order chi connectivity index (χ0) is 17.2. The number of hydrogen-bond donors (Lipinski definition) is 2. The zero-order valence-electron chi connectivity index (χ0n) is 14.1. The fourth-order valence-electron chi connectivity index (χ4n) is 2.99. The van der Waals surface area contributed by atoms with Crippen LogP contribution in [0.1, 0.15) is 24.8 Å². The van der Waals surface area contributed by atoms with Gasteiger partial charge in [0.05, 0.1) is 17.4 Å². The number of esters is 1. The summed E-state index contributed by atoms with van der Waals surface area (Å²) in [6.07, 6.45) is 4.35. The molecule has 0 radical (unpaired) electrons. The first kappa shape index (κ1) is 19.9. The zero-order valence-corrected chi connectivity index (χ0v) is 15.7. The number of rotatable bonds is 6. The summed E-state index contributed by atoms with van der Waals surface area (Å²) >= 11 is 0.